The van der Waals surface area contributed by atoms with Crippen LogP contribution in [0.2, 0.25) is 0 Å². The topological polar surface area (TPSA) is 35.2 Å². The summed E-state index contributed by atoms with van der Waals surface area (Å²) in [5.74, 6) is -0.187. The molecule has 2 bridgehead atoms. The normalized spacial score (nSPS) is 36.9. The van der Waals surface area contributed by atoms with E-state index in [4.69, 9.17) is 10.5 Å². The Morgan fingerprint density at radius 3 is 2.88 bits per heavy atom. The summed E-state index contributed by atoms with van der Waals surface area (Å²) in [6.45, 7) is 0.539. The average molecular weight is 221 g/mol. The van der Waals surface area contributed by atoms with E-state index in [-0.39, 0.29) is 17.3 Å². The fourth-order valence-electron chi connectivity index (χ4n) is 3.23. The first-order valence-electron chi connectivity index (χ1n) is 5.86. The Hall–Kier alpha value is -0.930. The van der Waals surface area contributed by atoms with Crippen molar-refractivity contribution in [3.8, 4) is 0 Å². The zero-order valence-electron chi connectivity index (χ0n) is 9.16. The van der Waals surface area contributed by atoms with Crippen LogP contribution in [0, 0.1) is 5.82 Å². The van der Waals surface area contributed by atoms with Crippen LogP contribution in [0.5, 0.6) is 0 Å². The van der Waals surface area contributed by atoms with Crippen LogP contribution >= 0.6 is 0 Å². The molecule has 2 N–H and O–H groups in total. The van der Waals surface area contributed by atoms with Gasteiger partial charge in [-0.3, -0.25) is 0 Å². The molecular formula is C13H16FNO. The van der Waals surface area contributed by atoms with Crippen molar-refractivity contribution in [2.75, 3.05) is 6.54 Å². The fraction of sp³-hybridized carbons (Fsp3) is 0.538. The lowest BCUT2D eigenvalue weighted by Gasteiger charge is -2.34. The molecule has 0 saturated carbocycles. The van der Waals surface area contributed by atoms with Gasteiger partial charge >= 0.3 is 0 Å². The zero-order valence-corrected chi connectivity index (χ0v) is 9.16. The SMILES string of the molecule is NCC1(c2cccc(F)c2)CC2CCC1O2. The van der Waals surface area contributed by atoms with E-state index in [9.17, 15) is 4.39 Å². The lowest BCUT2D eigenvalue weighted by Crippen LogP contribution is -2.43. The summed E-state index contributed by atoms with van der Waals surface area (Å²) in [6, 6.07) is 6.81. The highest BCUT2D eigenvalue weighted by Crippen LogP contribution is 2.48. The van der Waals surface area contributed by atoms with Gasteiger partial charge in [0.25, 0.3) is 0 Å². The van der Waals surface area contributed by atoms with Gasteiger partial charge in [0.1, 0.15) is 5.82 Å². The first-order valence-corrected chi connectivity index (χ1v) is 5.86. The van der Waals surface area contributed by atoms with Crippen LogP contribution in [0.15, 0.2) is 24.3 Å². The van der Waals surface area contributed by atoms with Gasteiger partial charge in [0, 0.05) is 12.0 Å². The number of ether oxygens (including phenoxy) is 1. The predicted molar refractivity (Wildman–Crippen MR) is 59.6 cm³/mol. The van der Waals surface area contributed by atoms with Crippen LogP contribution in [0.25, 0.3) is 0 Å². The summed E-state index contributed by atoms with van der Waals surface area (Å²) in [5.41, 5.74) is 6.79. The van der Waals surface area contributed by atoms with Gasteiger partial charge < -0.3 is 10.5 Å². The molecule has 86 valence electrons. The van der Waals surface area contributed by atoms with E-state index in [0.29, 0.717) is 12.6 Å². The van der Waals surface area contributed by atoms with Crippen molar-refractivity contribution < 1.29 is 9.13 Å². The van der Waals surface area contributed by atoms with Gasteiger partial charge in [-0.15, -0.1) is 0 Å². The minimum absolute atomic E-state index is 0.148. The molecular weight excluding hydrogens is 205 g/mol. The van der Waals surface area contributed by atoms with E-state index in [0.717, 1.165) is 24.8 Å². The molecule has 0 spiro atoms. The molecule has 16 heavy (non-hydrogen) atoms. The highest BCUT2D eigenvalue weighted by molar-refractivity contribution is 5.31. The molecule has 0 amide bonds. The smallest absolute Gasteiger partial charge is 0.123 e. The Kier molecular flexibility index (Phi) is 2.26. The molecule has 0 aromatic heterocycles. The predicted octanol–water partition coefficient (Wildman–Crippen LogP) is 1.97. The van der Waals surface area contributed by atoms with Crippen LogP contribution in [-0.2, 0) is 10.2 Å². The summed E-state index contributed by atoms with van der Waals surface area (Å²) in [7, 11) is 0. The van der Waals surface area contributed by atoms with Crippen molar-refractivity contribution >= 4 is 0 Å². The summed E-state index contributed by atoms with van der Waals surface area (Å²) < 4.78 is 19.2. The van der Waals surface area contributed by atoms with E-state index in [2.05, 4.69) is 0 Å². The van der Waals surface area contributed by atoms with Crippen molar-refractivity contribution in [2.45, 2.75) is 36.9 Å². The highest BCUT2D eigenvalue weighted by Gasteiger charge is 2.52. The largest absolute Gasteiger partial charge is 0.374 e. The molecule has 0 aliphatic carbocycles. The van der Waals surface area contributed by atoms with E-state index in [1.54, 1.807) is 12.1 Å². The molecule has 0 radical (unpaired) electrons. The van der Waals surface area contributed by atoms with E-state index < -0.39 is 0 Å². The minimum atomic E-state index is -0.187. The van der Waals surface area contributed by atoms with Gasteiger partial charge in [0.15, 0.2) is 0 Å². The maximum Gasteiger partial charge on any atom is 0.123 e. The van der Waals surface area contributed by atoms with Crippen LogP contribution in [-0.4, -0.2) is 18.8 Å². The summed E-state index contributed by atoms with van der Waals surface area (Å²) in [5, 5.41) is 0. The van der Waals surface area contributed by atoms with Gasteiger partial charge in [0.2, 0.25) is 0 Å². The van der Waals surface area contributed by atoms with Gasteiger partial charge in [-0.05, 0) is 37.0 Å². The first-order chi connectivity index (χ1) is 7.74. The second-order valence-corrected chi connectivity index (χ2v) is 4.90. The number of halogens is 1. The summed E-state index contributed by atoms with van der Waals surface area (Å²) in [6.07, 6.45) is 3.64. The van der Waals surface area contributed by atoms with Gasteiger partial charge in [-0.2, -0.15) is 0 Å². The van der Waals surface area contributed by atoms with Gasteiger partial charge in [-0.25, -0.2) is 4.39 Å². The number of benzene rings is 1. The molecule has 3 rings (SSSR count). The second-order valence-electron chi connectivity index (χ2n) is 4.90. The molecule has 3 heteroatoms. The van der Waals surface area contributed by atoms with Crippen molar-refractivity contribution in [2.24, 2.45) is 5.73 Å². The third-order valence-corrected chi connectivity index (χ3v) is 4.08. The molecule has 2 saturated heterocycles. The maximum atomic E-state index is 13.3. The molecule has 1 aromatic carbocycles. The Bertz CT molecular complexity index is 409. The van der Waals surface area contributed by atoms with E-state index >= 15 is 0 Å². The molecule has 2 aliphatic heterocycles. The Labute approximate surface area is 94.6 Å². The van der Waals surface area contributed by atoms with Crippen LogP contribution in [0.3, 0.4) is 0 Å². The molecule has 1 aromatic rings. The van der Waals surface area contributed by atoms with Crippen molar-refractivity contribution in [3.63, 3.8) is 0 Å². The monoisotopic (exact) mass is 221 g/mol. The van der Waals surface area contributed by atoms with Gasteiger partial charge in [0.05, 0.1) is 12.2 Å². The molecule has 3 unspecified atom stereocenters. The van der Waals surface area contributed by atoms with Gasteiger partial charge in [-0.1, -0.05) is 12.1 Å². The highest BCUT2D eigenvalue weighted by atomic mass is 19.1. The molecule has 3 atom stereocenters. The third kappa shape index (κ3) is 1.31. The summed E-state index contributed by atoms with van der Waals surface area (Å²) >= 11 is 0. The Morgan fingerprint density at radius 1 is 1.44 bits per heavy atom. The number of rotatable bonds is 2. The summed E-state index contributed by atoms with van der Waals surface area (Å²) in [4.78, 5) is 0. The molecule has 2 nitrogen and oxygen atoms in total. The lowest BCUT2D eigenvalue weighted by atomic mass is 9.69. The zero-order chi connectivity index (χ0) is 11.2. The van der Waals surface area contributed by atoms with Crippen LogP contribution < -0.4 is 5.73 Å². The molecule has 2 aliphatic rings. The average Bonchev–Trinajstić information content (AvgIpc) is 2.89. The third-order valence-electron chi connectivity index (χ3n) is 4.08. The quantitative estimate of drug-likeness (QED) is 0.828. The fourth-order valence-corrected chi connectivity index (χ4v) is 3.23. The van der Waals surface area contributed by atoms with E-state index in [1.807, 2.05) is 6.07 Å². The first kappa shape index (κ1) is 10.2. The second kappa shape index (κ2) is 3.54. The lowest BCUT2D eigenvalue weighted by molar-refractivity contribution is 0.0856. The number of fused-ring (bicyclic) bond motifs is 2. The molecule has 2 fully saturated rings. The number of nitrogens with two attached hydrogens (primary N) is 1. The Morgan fingerprint density at radius 2 is 2.31 bits per heavy atom. The van der Waals surface area contributed by atoms with Crippen LogP contribution in [0.1, 0.15) is 24.8 Å². The van der Waals surface area contributed by atoms with Crippen molar-refractivity contribution in [1.82, 2.24) is 0 Å². The minimum Gasteiger partial charge on any atom is -0.374 e. The molecule has 2 heterocycles. The standard InChI is InChI=1S/C13H16FNO/c14-10-3-1-2-9(6-10)13(8-15)7-11-4-5-12(13)16-11/h1-3,6,11-12H,4-5,7-8,15H2. The maximum absolute atomic E-state index is 13.3. The van der Waals surface area contributed by atoms with Crippen LogP contribution in [0.4, 0.5) is 4.39 Å². The number of hydrogen-bond acceptors (Lipinski definition) is 2. The number of hydrogen-bond donors (Lipinski definition) is 1. The van der Waals surface area contributed by atoms with Crippen molar-refractivity contribution in [1.29, 1.82) is 0 Å². The Balaban J connectivity index is 2.02. The van der Waals surface area contributed by atoms with Crippen molar-refractivity contribution in [3.05, 3.63) is 35.6 Å². The van der Waals surface area contributed by atoms with E-state index in [1.165, 1.54) is 6.07 Å².